The summed E-state index contributed by atoms with van der Waals surface area (Å²) < 4.78 is 341. The Hall–Kier alpha value is -3.10. The van der Waals surface area contributed by atoms with Crippen LogP contribution in [0.4, 0.5) is 105 Å². The normalized spacial score (nSPS) is 14.1. The van der Waals surface area contributed by atoms with Crippen LogP contribution in [0.5, 0.6) is 0 Å². The first-order valence-electron chi connectivity index (χ1n) is 14.6. The minimum atomic E-state index is -6.13. The molecule has 26 heteroatoms. The third-order valence-corrected chi connectivity index (χ3v) is 8.44. The quantitative estimate of drug-likeness (QED) is 0.143. The Kier molecular flexibility index (Phi) is 13.1. The molecule has 0 saturated carbocycles. The predicted octanol–water partition coefficient (Wildman–Crippen LogP) is 8.22. The van der Waals surface area contributed by atoms with Crippen LogP contribution in [0.3, 0.4) is 0 Å². The van der Waals surface area contributed by atoms with Crippen molar-refractivity contribution in [2.75, 3.05) is 0 Å². The summed E-state index contributed by atoms with van der Waals surface area (Å²) in [4.78, 5) is 0. The molecule has 0 aliphatic heterocycles. The van der Waals surface area contributed by atoms with E-state index in [1.165, 1.54) is 0 Å². The second-order valence-electron chi connectivity index (χ2n) is 12.2. The number of benzene rings is 4. The van der Waals surface area contributed by atoms with Gasteiger partial charge in [-0.15, -0.1) is 0 Å². The molecule has 0 bridgehead atoms. The van der Waals surface area contributed by atoms with Crippen molar-refractivity contribution in [2.45, 2.75) is 49.4 Å². The maximum absolute atomic E-state index is 14.2. The maximum Gasteiger partial charge on any atom is 1.00 e. The van der Waals surface area contributed by atoms with Gasteiger partial charge in [-0.2, -0.15) is 127 Å². The third kappa shape index (κ3) is 10.4. The Morgan fingerprint density at radius 2 is 0.310 bits per heavy atom. The monoisotopic (exact) mass is 902 g/mol. The average molecular weight is 902 g/mol. The molecule has 0 heterocycles. The van der Waals surface area contributed by atoms with Crippen LogP contribution in [0.15, 0.2) is 72.8 Å². The van der Waals surface area contributed by atoms with Gasteiger partial charge < -0.3 is 0 Å². The van der Waals surface area contributed by atoms with Crippen molar-refractivity contribution in [3.63, 3.8) is 0 Å². The van der Waals surface area contributed by atoms with Gasteiger partial charge in [-0.25, -0.2) is 0 Å². The van der Waals surface area contributed by atoms with Gasteiger partial charge in [0, 0.05) is 0 Å². The zero-order valence-corrected chi connectivity index (χ0v) is 30.7. The fourth-order valence-corrected chi connectivity index (χ4v) is 6.07. The van der Waals surface area contributed by atoms with Crippen LogP contribution < -0.4 is 73.2 Å². The number of halogens is 24. The summed E-state index contributed by atoms with van der Waals surface area (Å²) in [6.45, 7) is 0. The van der Waals surface area contributed by atoms with Crippen molar-refractivity contribution in [3.05, 3.63) is 117 Å². The Morgan fingerprint density at radius 1 is 0.207 bits per heavy atom. The van der Waals surface area contributed by atoms with E-state index in [1.54, 1.807) is 0 Å². The molecule has 0 radical (unpaired) electrons. The Labute approximate surface area is 349 Å². The van der Waals surface area contributed by atoms with Crippen molar-refractivity contribution >= 4 is 28.0 Å². The molecule has 0 aliphatic rings. The zero-order chi connectivity index (χ0) is 43.9. The molecule has 4 aromatic carbocycles. The van der Waals surface area contributed by atoms with Gasteiger partial charge in [-0.3, -0.25) is 0 Å². The Bertz CT molecular complexity index is 1700. The van der Waals surface area contributed by atoms with E-state index >= 15 is 0 Å². The molecule has 4 aromatic rings. The van der Waals surface area contributed by atoms with Gasteiger partial charge >= 0.3 is 101 Å². The summed E-state index contributed by atoms with van der Waals surface area (Å²) >= 11 is 0. The van der Waals surface area contributed by atoms with Gasteiger partial charge in [0.15, 0.2) is 0 Å². The molecule has 312 valence electrons. The predicted molar refractivity (Wildman–Crippen MR) is 150 cm³/mol. The summed E-state index contributed by atoms with van der Waals surface area (Å²) in [5.74, 6) is 0. The molecular formula is C32H12BF24K. The maximum atomic E-state index is 14.2. The smallest absolute Gasteiger partial charge is 0.194 e. The summed E-state index contributed by atoms with van der Waals surface area (Å²) in [6.07, 6.45) is -54.8. The van der Waals surface area contributed by atoms with Crippen LogP contribution in [0.2, 0.25) is 0 Å². The van der Waals surface area contributed by atoms with E-state index in [2.05, 4.69) is 0 Å². The molecule has 0 aliphatic carbocycles. The van der Waals surface area contributed by atoms with E-state index in [9.17, 15) is 105 Å². The fourth-order valence-electron chi connectivity index (χ4n) is 6.07. The molecule has 0 saturated heterocycles. The van der Waals surface area contributed by atoms with Gasteiger partial charge in [0.05, 0.1) is 44.5 Å². The molecule has 4 rings (SSSR count). The number of hydrogen-bond acceptors (Lipinski definition) is 0. The first-order chi connectivity index (χ1) is 25.3. The molecule has 0 amide bonds. The summed E-state index contributed by atoms with van der Waals surface area (Å²) in [5.41, 5.74) is -30.2. The van der Waals surface area contributed by atoms with E-state index in [1.807, 2.05) is 0 Å². The Balaban J connectivity index is 0.00000900. The van der Waals surface area contributed by atoms with Crippen LogP contribution in [0, 0.1) is 0 Å². The van der Waals surface area contributed by atoms with Crippen molar-refractivity contribution in [2.24, 2.45) is 0 Å². The topological polar surface area (TPSA) is 0 Å². The molecule has 0 N–H and O–H groups in total. The zero-order valence-electron chi connectivity index (χ0n) is 27.6. The second kappa shape index (κ2) is 15.4. The molecule has 0 nitrogen and oxygen atoms in total. The fraction of sp³-hybridized carbons (Fsp3) is 0.250. The third-order valence-electron chi connectivity index (χ3n) is 8.44. The number of alkyl halides is 24. The molecule has 58 heavy (non-hydrogen) atoms. The molecule has 0 spiro atoms. The first kappa shape index (κ1) is 49.3. The van der Waals surface area contributed by atoms with Gasteiger partial charge in [-0.05, 0) is 24.3 Å². The van der Waals surface area contributed by atoms with Gasteiger partial charge in [-0.1, -0.05) is 48.5 Å². The number of rotatable bonds is 4. The van der Waals surface area contributed by atoms with Crippen LogP contribution in [-0.2, 0) is 49.4 Å². The Morgan fingerprint density at radius 3 is 0.397 bits per heavy atom. The van der Waals surface area contributed by atoms with Gasteiger partial charge in [0.25, 0.3) is 0 Å². The second-order valence-corrected chi connectivity index (χ2v) is 12.2. The molecule has 0 fully saturated rings. The van der Waals surface area contributed by atoms with Crippen molar-refractivity contribution < 1.29 is 157 Å². The molecule has 0 atom stereocenters. The minimum absolute atomic E-state index is 0. The van der Waals surface area contributed by atoms with Crippen molar-refractivity contribution in [3.8, 4) is 0 Å². The minimum Gasteiger partial charge on any atom is -0.194 e. The van der Waals surface area contributed by atoms with Gasteiger partial charge in [0.2, 0.25) is 0 Å². The van der Waals surface area contributed by atoms with E-state index < -0.39 is 195 Å². The van der Waals surface area contributed by atoms with Crippen LogP contribution in [0.1, 0.15) is 44.5 Å². The van der Waals surface area contributed by atoms with Crippen LogP contribution in [0.25, 0.3) is 0 Å². The van der Waals surface area contributed by atoms with E-state index in [4.69, 9.17) is 0 Å². The molecular weight excluding hydrogens is 890 g/mol. The van der Waals surface area contributed by atoms with Crippen LogP contribution >= 0.6 is 0 Å². The largest absolute Gasteiger partial charge is 1.00 e. The van der Waals surface area contributed by atoms with Gasteiger partial charge in [0.1, 0.15) is 6.15 Å². The van der Waals surface area contributed by atoms with E-state index in [-0.39, 0.29) is 51.4 Å². The molecule has 0 unspecified atom stereocenters. The van der Waals surface area contributed by atoms with Crippen molar-refractivity contribution in [1.29, 1.82) is 0 Å². The van der Waals surface area contributed by atoms with E-state index in [0.29, 0.717) is 0 Å². The van der Waals surface area contributed by atoms with E-state index in [0.717, 1.165) is 0 Å². The van der Waals surface area contributed by atoms with Crippen LogP contribution in [-0.4, -0.2) is 6.15 Å². The summed E-state index contributed by atoms with van der Waals surface area (Å²) in [7, 11) is 0. The number of hydrogen-bond donors (Lipinski definition) is 0. The molecule has 0 aromatic heterocycles. The standard InChI is InChI=1S/C32H12BF24.K/c34-25(35,36)13-1-14(26(37,38)39)6-21(5-13)33(22-7-15(27(40,41)42)2-16(8-22)28(43,44)45,23-9-17(29(46,47)48)3-18(10-23)30(49,50)51)24-11-19(31(52,53)54)4-20(12-24)32(55,56)57;/h1-12H;/q-1;+1. The average Bonchev–Trinajstić information content (AvgIpc) is 3.01. The summed E-state index contributed by atoms with van der Waals surface area (Å²) in [5, 5.41) is 0. The summed E-state index contributed by atoms with van der Waals surface area (Å²) in [6, 6.07) is -8.81. The first-order valence-corrected chi connectivity index (χ1v) is 14.6. The van der Waals surface area contributed by atoms with Crippen molar-refractivity contribution in [1.82, 2.24) is 0 Å². The SMILES string of the molecule is FC(F)(F)c1cc([B-](c2cc(C(F)(F)F)cc(C(F)(F)F)c2)(c2cc(C(F)(F)F)cc(C(F)(F)F)c2)c2cc(C(F)(F)F)cc(C(F)(F)F)c2)cc(C(F)(F)F)c1.[K+].